The number of methoxy groups -OCH3 is 1. The number of carbonyl (C=O) groups is 2. The van der Waals surface area contributed by atoms with Gasteiger partial charge in [0.05, 0.1) is 24.7 Å². The van der Waals surface area contributed by atoms with Gasteiger partial charge in [-0.1, -0.05) is 25.4 Å². The molecule has 1 amide bonds. The highest BCUT2D eigenvalue weighted by molar-refractivity contribution is 6.32. The summed E-state index contributed by atoms with van der Waals surface area (Å²) in [5.41, 5.74) is 0.358. The molecule has 1 aliphatic heterocycles. The second-order valence-corrected chi connectivity index (χ2v) is 7.07. The van der Waals surface area contributed by atoms with E-state index in [0.717, 1.165) is 0 Å². The molecule has 0 bridgehead atoms. The molecule has 7 heteroatoms. The summed E-state index contributed by atoms with van der Waals surface area (Å²) in [6.07, 6.45) is 0.447. The van der Waals surface area contributed by atoms with Gasteiger partial charge in [-0.3, -0.25) is 9.59 Å². The van der Waals surface area contributed by atoms with Crippen molar-refractivity contribution in [1.82, 2.24) is 4.90 Å². The minimum Gasteiger partial charge on any atom is -0.493 e. The first kappa shape index (κ1) is 19.4. The van der Waals surface area contributed by atoms with Crippen LogP contribution in [0.25, 0.3) is 0 Å². The van der Waals surface area contributed by atoms with Crippen LogP contribution in [0, 0.1) is 11.8 Å². The van der Waals surface area contributed by atoms with E-state index in [1.807, 2.05) is 13.8 Å². The molecule has 6 nitrogen and oxygen atoms in total. The summed E-state index contributed by atoms with van der Waals surface area (Å²) in [5.74, 6) is -0.566. The third kappa shape index (κ3) is 4.18. The van der Waals surface area contributed by atoms with Crippen LogP contribution in [0.5, 0.6) is 11.5 Å². The Kier molecular flexibility index (Phi) is 6.16. The molecular weight excluding hydrogens is 346 g/mol. The Morgan fingerprint density at radius 1 is 1.40 bits per heavy atom. The molecule has 2 atom stereocenters. The molecule has 2 rings (SSSR count). The van der Waals surface area contributed by atoms with E-state index in [9.17, 15) is 14.7 Å². The highest BCUT2D eigenvalue weighted by Crippen LogP contribution is 2.37. The highest BCUT2D eigenvalue weighted by atomic mass is 35.5. The number of amides is 1. The maximum absolute atomic E-state index is 12.8. The molecule has 1 N–H and O–H groups in total. The quantitative estimate of drug-likeness (QED) is 0.832. The number of carboxylic acids is 1. The van der Waals surface area contributed by atoms with Crippen molar-refractivity contribution in [2.45, 2.75) is 33.2 Å². The summed E-state index contributed by atoms with van der Waals surface area (Å²) in [6.45, 7) is 6.68. The Balaban J connectivity index is 2.26. The predicted octanol–water partition coefficient (Wildman–Crippen LogP) is 3.32. The molecule has 0 saturated carbocycles. The van der Waals surface area contributed by atoms with Gasteiger partial charge in [-0.15, -0.1) is 0 Å². The van der Waals surface area contributed by atoms with Crippen molar-refractivity contribution in [3.63, 3.8) is 0 Å². The van der Waals surface area contributed by atoms with Crippen molar-refractivity contribution < 1.29 is 24.2 Å². The van der Waals surface area contributed by atoms with Crippen LogP contribution in [-0.2, 0) is 4.79 Å². The maximum Gasteiger partial charge on any atom is 0.308 e. The molecule has 25 heavy (non-hydrogen) atoms. The van der Waals surface area contributed by atoms with E-state index in [-0.39, 0.29) is 11.9 Å². The number of nitrogens with zero attached hydrogens (tertiary/aromatic N) is 1. The van der Waals surface area contributed by atoms with Crippen LogP contribution in [-0.4, -0.2) is 48.2 Å². The molecule has 1 aromatic carbocycles. The van der Waals surface area contributed by atoms with Crippen LogP contribution < -0.4 is 9.47 Å². The van der Waals surface area contributed by atoms with E-state index in [0.29, 0.717) is 47.6 Å². The van der Waals surface area contributed by atoms with Crippen LogP contribution in [0.15, 0.2) is 12.1 Å². The van der Waals surface area contributed by atoms with E-state index in [2.05, 4.69) is 0 Å². The first-order valence-electron chi connectivity index (χ1n) is 8.30. The number of rotatable bonds is 6. The molecule has 1 aromatic rings. The SMILES string of the molecule is COc1cc(C(=O)N2CCC(C(=O)O)C2C)cc(Cl)c1OCC(C)C. The fourth-order valence-electron chi connectivity index (χ4n) is 2.96. The molecule has 1 heterocycles. The molecule has 1 saturated heterocycles. The molecule has 1 fully saturated rings. The number of benzene rings is 1. The van der Waals surface area contributed by atoms with Crippen molar-refractivity contribution in [3.05, 3.63) is 22.7 Å². The predicted molar refractivity (Wildman–Crippen MR) is 94.6 cm³/mol. The lowest BCUT2D eigenvalue weighted by molar-refractivity contribution is -0.142. The minimum atomic E-state index is -0.879. The molecule has 0 spiro atoms. The number of hydrogen-bond acceptors (Lipinski definition) is 4. The van der Waals surface area contributed by atoms with Gasteiger partial charge in [0, 0.05) is 18.2 Å². The van der Waals surface area contributed by atoms with E-state index in [1.165, 1.54) is 7.11 Å². The fourth-order valence-corrected chi connectivity index (χ4v) is 3.22. The Morgan fingerprint density at radius 2 is 2.08 bits per heavy atom. The summed E-state index contributed by atoms with van der Waals surface area (Å²) in [7, 11) is 1.49. The average Bonchev–Trinajstić information content (AvgIpc) is 2.93. The molecular formula is C18H24ClNO5. The van der Waals surface area contributed by atoms with Gasteiger partial charge in [0.1, 0.15) is 0 Å². The van der Waals surface area contributed by atoms with Crippen molar-refractivity contribution in [3.8, 4) is 11.5 Å². The summed E-state index contributed by atoms with van der Waals surface area (Å²) in [5, 5.41) is 9.52. The van der Waals surface area contributed by atoms with Crippen LogP contribution in [0.3, 0.4) is 0 Å². The van der Waals surface area contributed by atoms with Gasteiger partial charge in [-0.05, 0) is 31.4 Å². The lowest BCUT2D eigenvalue weighted by Crippen LogP contribution is -2.37. The summed E-state index contributed by atoms with van der Waals surface area (Å²) in [4.78, 5) is 25.6. The Hall–Kier alpha value is -1.95. The molecule has 0 aromatic heterocycles. The van der Waals surface area contributed by atoms with Crippen molar-refractivity contribution in [2.24, 2.45) is 11.8 Å². The Bertz CT molecular complexity index is 661. The highest BCUT2D eigenvalue weighted by Gasteiger charge is 2.38. The third-order valence-corrected chi connectivity index (χ3v) is 4.65. The van der Waals surface area contributed by atoms with Crippen molar-refractivity contribution in [1.29, 1.82) is 0 Å². The van der Waals surface area contributed by atoms with Gasteiger partial charge in [-0.25, -0.2) is 0 Å². The molecule has 0 aliphatic carbocycles. The molecule has 138 valence electrons. The van der Waals surface area contributed by atoms with Gasteiger partial charge >= 0.3 is 5.97 Å². The van der Waals surface area contributed by atoms with E-state index < -0.39 is 11.9 Å². The maximum atomic E-state index is 12.8. The zero-order valence-electron chi connectivity index (χ0n) is 14.9. The zero-order valence-corrected chi connectivity index (χ0v) is 15.7. The first-order chi connectivity index (χ1) is 11.8. The standard InChI is InChI=1S/C18H24ClNO5/c1-10(2)9-25-16-14(19)7-12(8-15(16)24-4)17(21)20-6-5-13(11(20)3)18(22)23/h7-8,10-11,13H,5-6,9H2,1-4H3,(H,22,23). The van der Waals surface area contributed by atoms with Crippen molar-refractivity contribution in [2.75, 3.05) is 20.3 Å². The normalized spacial score (nSPS) is 20.0. The number of likely N-dealkylation sites (tertiary alicyclic amines) is 1. The Morgan fingerprint density at radius 3 is 2.60 bits per heavy atom. The van der Waals surface area contributed by atoms with Crippen molar-refractivity contribution >= 4 is 23.5 Å². The fraction of sp³-hybridized carbons (Fsp3) is 0.556. The summed E-state index contributed by atoms with van der Waals surface area (Å²) < 4.78 is 11.0. The smallest absolute Gasteiger partial charge is 0.308 e. The number of aliphatic carboxylic acids is 1. The lowest BCUT2D eigenvalue weighted by atomic mass is 10.0. The number of hydrogen-bond donors (Lipinski definition) is 1. The average molecular weight is 370 g/mol. The van der Waals surface area contributed by atoms with Gasteiger partial charge in [0.2, 0.25) is 0 Å². The van der Waals surface area contributed by atoms with Crippen LogP contribution in [0.4, 0.5) is 0 Å². The lowest BCUT2D eigenvalue weighted by Gasteiger charge is -2.24. The number of carbonyl (C=O) groups excluding carboxylic acids is 1. The second-order valence-electron chi connectivity index (χ2n) is 6.67. The van der Waals surface area contributed by atoms with E-state index >= 15 is 0 Å². The second kappa shape index (κ2) is 7.95. The van der Waals surface area contributed by atoms with Crippen LogP contribution in [0.2, 0.25) is 5.02 Å². The molecule has 2 unspecified atom stereocenters. The van der Waals surface area contributed by atoms with Gasteiger partial charge < -0.3 is 19.5 Å². The Labute approximate surface area is 152 Å². The largest absolute Gasteiger partial charge is 0.493 e. The van der Waals surface area contributed by atoms with Crippen LogP contribution >= 0.6 is 11.6 Å². The van der Waals surface area contributed by atoms with Gasteiger partial charge in [-0.2, -0.15) is 0 Å². The number of ether oxygens (including phenoxy) is 2. The number of halogens is 1. The third-order valence-electron chi connectivity index (χ3n) is 4.37. The zero-order chi connectivity index (χ0) is 18.7. The van der Waals surface area contributed by atoms with Gasteiger partial charge in [0.25, 0.3) is 5.91 Å². The monoisotopic (exact) mass is 369 g/mol. The van der Waals surface area contributed by atoms with E-state index in [4.69, 9.17) is 21.1 Å². The molecule has 0 radical (unpaired) electrons. The number of carboxylic acid groups (broad SMARTS) is 1. The van der Waals surface area contributed by atoms with Gasteiger partial charge in [0.15, 0.2) is 11.5 Å². The van der Waals surface area contributed by atoms with Crippen LogP contribution in [0.1, 0.15) is 37.6 Å². The minimum absolute atomic E-state index is 0.258. The molecule has 1 aliphatic rings. The van der Waals surface area contributed by atoms with E-state index in [1.54, 1.807) is 24.0 Å². The summed E-state index contributed by atoms with van der Waals surface area (Å²) >= 11 is 6.29. The summed E-state index contributed by atoms with van der Waals surface area (Å²) in [6, 6.07) is 2.76. The topological polar surface area (TPSA) is 76.1 Å². The first-order valence-corrected chi connectivity index (χ1v) is 8.68.